The summed E-state index contributed by atoms with van der Waals surface area (Å²) in [5.41, 5.74) is 11.8. The van der Waals surface area contributed by atoms with Crippen LogP contribution in [0.5, 0.6) is 0 Å². The Morgan fingerprint density at radius 2 is 1.59 bits per heavy atom. The zero-order chi connectivity index (χ0) is 21.0. The van der Waals surface area contributed by atoms with E-state index in [4.69, 9.17) is 11.6 Å². The van der Waals surface area contributed by atoms with Gasteiger partial charge in [0, 0.05) is 5.02 Å². The van der Waals surface area contributed by atoms with Crippen LogP contribution in [-0.4, -0.2) is 0 Å². The Labute approximate surface area is 181 Å². The molecule has 0 spiro atoms. The smallest absolute Gasteiger partial charge is 0.0444 e. The van der Waals surface area contributed by atoms with Crippen LogP contribution >= 0.6 is 11.6 Å². The molecule has 0 aliphatic carbocycles. The molecule has 0 saturated heterocycles. The van der Waals surface area contributed by atoms with Crippen LogP contribution in [0.2, 0.25) is 5.02 Å². The molecule has 0 aromatic heterocycles. The highest BCUT2D eigenvalue weighted by molar-refractivity contribution is 6.31. The maximum Gasteiger partial charge on any atom is 0.0444 e. The fourth-order valence-corrected chi connectivity index (χ4v) is 4.38. The summed E-state index contributed by atoms with van der Waals surface area (Å²) in [6, 6.07) is 17.8. The molecule has 0 aliphatic rings. The van der Waals surface area contributed by atoms with Crippen molar-refractivity contribution >= 4 is 17.7 Å². The normalized spacial score (nSPS) is 10.9. The Morgan fingerprint density at radius 3 is 2.28 bits per heavy atom. The first kappa shape index (κ1) is 21.4. The highest BCUT2D eigenvalue weighted by Crippen LogP contribution is 2.29. The third-order valence-electron chi connectivity index (χ3n) is 5.94. The molecule has 0 amide bonds. The number of aryl methyl sites for hydroxylation is 5. The van der Waals surface area contributed by atoms with E-state index >= 15 is 0 Å². The molecule has 3 aromatic carbocycles. The van der Waals surface area contributed by atoms with Crippen LogP contribution in [0.1, 0.15) is 52.3 Å². The highest BCUT2D eigenvalue weighted by atomic mass is 35.5. The van der Waals surface area contributed by atoms with Gasteiger partial charge in [-0.15, -0.1) is 0 Å². The molecule has 3 aromatic rings. The van der Waals surface area contributed by atoms with Gasteiger partial charge in [0.2, 0.25) is 0 Å². The summed E-state index contributed by atoms with van der Waals surface area (Å²) in [4.78, 5) is 0. The van der Waals surface area contributed by atoms with E-state index in [1.54, 1.807) is 0 Å². The van der Waals surface area contributed by atoms with E-state index in [0.717, 1.165) is 29.8 Å². The second-order valence-electron chi connectivity index (χ2n) is 7.99. The first-order chi connectivity index (χ1) is 13.9. The first-order valence-corrected chi connectivity index (χ1v) is 10.9. The van der Waals surface area contributed by atoms with Crippen molar-refractivity contribution in [3.8, 4) is 11.1 Å². The Morgan fingerprint density at radius 1 is 0.828 bits per heavy atom. The van der Waals surface area contributed by atoms with E-state index in [0.29, 0.717) is 0 Å². The maximum absolute atomic E-state index is 6.52. The van der Waals surface area contributed by atoms with E-state index in [9.17, 15) is 0 Å². The van der Waals surface area contributed by atoms with Gasteiger partial charge in [0.25, 0.3) is 0 Å². The molecule has 29 heavy (non-hydrogen) atoms. The zero-order valence-electron chi connectivity index (χ0n) is 18.1. The van der Waals surface area contributed by atoms with E-state index in [1.165, 1.54) is 50.9 Å². The fraction of sp³-hybridized carbons (Fsp3) is 0.286. The molecule has 0 fully saturated rings. The Bertz CT molecular complexity index is 1030. The largest absolute Gasteiger partial charge is 0.0985 e. The molecule has 0 bridgehead atoms. The van der Waals surface area contributed by atoms with Crippen molar-refractivity contribution in [1.82, 2.24) is 0 Å². The maximum atomic E-state index is 6.52. The van der Waals surface area contributed by atoms with E-state index < -0.39 is 0 Å². The molecular weight excluding hydrogens is 372 g/mol. The Hall–Kier alpha value is -2.31. The minimum Gasteiger partial charge on any atom is -0.0985 e. The van der Waals surface area contributed by atoms with Gasteiger partial charge in [0.05, 0.1) is 0 Å². The first-order valence-electron chi connectivity index (χ1n) is 10.5. The third kappa shape index (κ3) is 4.82. The quantitative estimate of drug-likeness (QED) is 0.372. The fourth-order valence-electron chi connectivity index (χ4n) is 4.12. The van der Waals surface area contributed by atoms with Crippen LogP contribution in [0, 0.1) is 20.8 Å². The average molecular weight is 403 g/mol. The summed E-state index contributed by atoms with van der Waals surface area (Å²) in [5, 5.41) is 0.835. The van der Waals surface area contributed by atoms with Crippen LogP contribution in [0.15, 0.2) is 55.1 Å². The van der Waals surface area contributed by atoms with Crippen LogP contribution in [0.3, 0.4) is 0 Å². The lowest BCUT2D eigenvalue weighted by Gasteiger charge is -2.14. The predicted molar refractivity (Wildman–Crippen MR) is 129 cm³/mol. The Balaban J connectivity index is 1.85. The van der Waals surface area contributed by atoms with Gasteiger partial charge in [-0.3, -0.25) is 0 Å². The van der Waals surface area contributed by atoms with Gasteiger partial charge in [-0.2, -0.15) is 0 Å². The van der Waals surface area contributed by atoms with Crippen LogP contribution in [-0.2, 0) is 19.3 Å². The standard InChI is InChI=1S/C28H31Cl/c1-6-9-23-12-14-25(16-20(23)4)27-11-8-10-24(21(27)5)13-15-26-17-19(3)22(7-2)18-28(26)29/h7-8,10-12,14,16-18H,2,6,9,13,15H2,1,3-5H3. The number of rotatable bonds is 7. The van der Waals surface area contributed by atoms with Crippen LogP contribution in [0.25, 0.3) is 17.2 Å². The van der Waals surface area contributed by atoms with Crippen molar-refractivity contribution in [3.05, 3.63) is 99.1 Å². The van der Waals surface area contributed by atoms with Crippen molar-refractivity contribution < 1.29 is 0 Å². The second kappa shape index (κ2) is 9.46. The summed E-state index contributed by atoms with van der Waals surface area (Å²) in [6.45, 7) is 12.7. The lowest BCUT2D eigenvalue weighted by atomic mass is 9.91. The van der Waals surface area contributed by atoms with Gasteiger partial charge in [0.1, 0.15) is 0 Å². The minimum absolute atomic E-state index is 0.835. The molecule has 1 heteroatoms. The van der Waals surface area contributed by atoms with Crippen molar-refractivity contribution in [3.63, 3.8) is 0 Å². The summed E-state index contributed by atoms with van der Waals surface area (Å²) in [5.74, 6) is 0. The van der Waals surface area contributed by atoms with Crippen molar-refractivity contribution in [2.75, 3.05) is 0 Å². The molecule has 0 nitrogen and oxygen atoms in total. The molecule has 0 saturated carbocycles. The van der Waals surface area contributed by atoms with Crippen molar-refractivity contribution in [2.45, 2.75) is 53.4 Å². The molecule has 0 aliphatic heterocycles. The molecule has 3 rings (SSSR count). The number of benzene rings is 3. The number of hydrogen-bond acceptors (Lipinski definition) is 0. The van der Waals surface area contributed by atoms with Gasteiger partial charge >= 0.3 is 0 Å². The molecule has 0 atom stereocenters. The zero-order valence-corrected chi connectivity index (χ0v) is 18.9. The van der Waals surface area contributed by atoms with Gasteiger partial charge in [-0.1, -0.05) is 80.1 Å². The van der Waals surface area contributed by atoms with E-state index in [2.05, 4.69) is 76.7 Å². The van der Waals surface area contributed by atoms with Crippen molar-refractivity contribution in [2.24, 2.45) is 0 Å². The summed E-state index contributed by atoms with van der Waals surface area (Å²) in [7, 11) is 0. The average Bonchev–Trinajstić information content (AvgIpc) is 2.71. The van der Waals surface area contributed by atoms with Crippen molar-refractivity contribution in [1.29, 1.82) is 0 Å². The van der Waals surface area contributed by atoms with E-state index in [1.807, 2.05) is 12.1 Å². The Kier molecular flexibility index (Phi) is 6.98. The van der Waals surface area contributed by atoms with Gasteiger partial charge in [0.15, 0.2) is 0 Å². The number of hydrogen-bond donors (Lipinski definition) is 0. The van der Waals surface area contributed by atoms with Gasteiger partial charge in [-0.25, -0.2) is 0 Å². The lowest BCUT2D eigenvalue weighted by Crippen LogP contribution is -1.98. The lowest BCUT2D eigenvalue weighted by molar-refractivity contribution is 0.913. The summed E-state index contributed by atoms with van der Waals surface area (Å²) < 4.78 is 0. The van der Waals surface area contributed by atoms with E-state index in [-0.39, 0.29) is 0 Å². The summed E-state index contributed by atoms with van der Waals surface area (Å²) in [6.07, 6.45) is 6.13. The molecular formula is C28H31Cl. The molecule has 0 N–H and O–H groups in total. The third-order valence-corrected chi connectivity index (χ3v) is 6.29. The minimum atomic E-state index is 0.835. The summed E-state index contributed by atoms with van der Waals surface area (Å²) >= 11 is 6.52. The second-order valence-corrected chi connectivity index (χ2v) is 8.39. The highest BCUT2D eigenvalue weighted by Gasteiger charge is 2.10. The molecule has 150 valence electrons. The number of halogens is 1. The van der Waals surface area contributed by atoms with Gasteiger partial charge in [-0.05, 0) is 96.2 Å². The van der Waals surface area contributed by atoms with Crippen LogP contribution < -0.4 is 0 Å². The molecule has 0 heterocycles. The topological polar surface area (TPSA) is 0 Å². The molecule has 0 radical (unpaired) electrons. The van der Waals surface area contributed by atoms with Gasteiger partial charge < -0.3 is 0 Å². The molecule has 0 unspecified atom stereocenters. The monoisotopic (exact) mass is 402 g/mol. The predicted octanol–water partition coefficient (Wildman–Crippen LogP) is 8.31. The van der Waals surface area contributed by atoms with Crippen LogP contribution in [0.4, 0.5) is 0 Å². The SMILES string of the molecule is C=Cc1cc(Cl)c(CCc2cccc(-c3ccc(CCC)c(C)c3)c2C)cc1C.